The normalized spacial score (nSPS) is 20.6. The molecule has 244 valence electrons. The van der Waals surface area contributed by atoms with Gasteiger partial charge in [0.2, 0.25) is 5.91 Å². The second kappa shape index (κ2) is 14.7. The van der Waals surface area contributed by atoms with Gasteiger partial charge >= 0.3 is 0 Å². The fraction of sp³-hybridized carbons (Fsp3) is 0.500. The second-order valence-corrected chi connectivity index (χ2v) is 18.4. The van der Waals surface area contributed by atoms with Gasteiger partial charge in [-0.25, -0.2) is 0 Å². The predicted octanol–water partition coefficient (Wildman–Crippen LogP) is 6.47. The molecule has 1 aliphatic heterocycles. The molecule has 0 aromatic heterocycles. The average molecular weight is 632 g/mol. The summed E-state index contributed by atoms with van der Waals surface area (Å²) in [6.07, 6.45) is 1.16. The Kier molecular flexibility index (Phi) is 11.5. The zero-order valence-electron chi connectivity index (χ0n) is 28.4. The summed E-state index contributed by atoms with van der Waals surface area (Å²) < 4.78 is 20.0. The Balaban J connectivity index is 1.43. The zero-order valence-corrected chi connectivity index (χ0v) is 29.4. The molecule has 0 bridgehead atoms. The summed E-state index contributed by atoms with van der Waals surface area (Å²) in [7, 11) is -0.922. The van der Waals surface area contributed by atoms with Gasteiger partial charge < -0.3 is 23.9 Å². The molecule has 0 unspecified atom stereocenters. The summed E-state index contributed by atoms with van der Waals surface area (Å²) in [5, 5.41) is 13.2. The number of benzene rings is 3. The Hall–Kier alpha value is -2.81. The average Bonchev–Trinajstić information content (AvgIpc) is 3.02. The molecule has 0 saturated carbocycles. The Morgan fingerprint density at radius 3 is 1.91 bits per heavy atom. The maximum Gasteiger partial charge on any atom is 0.261 e. The Bertz CT molecular complexity index is 1310. The van der Waals surface area contributed by atoms with Gasteiger partial charge in [-0.2, -0.15) is 0 Å². The number of aliphatic hydroxyl groups is 1. The monoisotopic (exact) mass is 631 g/mol. The highest BCUT2D eigenvalue weighted by atomic mass is 28.4. The number of rotatable bonds is 12. The molecule has 6 nitrogen and oxygen atoms in total. The van der Waals surface area contributed by atoms with Crippen LogP contribution in [-0.4, -0.2) is 61.9 Å². The number of likely N-dealkylation sites (N-methyl/N-ethyl adjacent to an activating group) is 1. The molecule has 1 saturated heterocycles. The minimum Gasteiger partial charge on any atom is -0.405 e. The van der Waals surface area contributed by atoms with E-state index in [9.17, 15) is 9.90 Å². The number of amides is 1. The first-order valence-corrected chi connectivity index (χ1v) is 18.3. The standard InChI is InChI=1S/C38H53NO5Si/c1-28(36(41)39(8)29(2)35(40)30-18-12-9-13-19-30)24-25-31-26-32(44-38(6,7)43-31)27-42-45(37(3,4)5,33-20-14-10-15-21-33)34-22-16-11-17-23-34/h9-23,28-29,31-32,35,40H,24-27H2,1-8H3/t28-,29+,31-,32+,35-/m1/s1. The molecule has 0 radical (unpaired) electrons. The maximum absolute atomic E-state index is 13.4. The molecule has 45 heavy (non-hydrogen) atoms. The number of ether oxygens (including phenoxy) is 2. The second-order valence-electron chi connectivity index (χ2n) is 14.1. The van der Waals surface area contributed by atoms with E-state index in [1.165, 1.54) is 10.4 Å². The Labute approximate surface area is 271 Å². The van der Waals surface area contributed by atoms with Crippen LogP contribution in [-0.2, 0) is 18.7 Å². The number of aliphatic hydroxyl groups excluding tert-OH is 1. The number of carbonyl (C=O) groups is 1. The van der Waals surface area contributed by atoms with Crippen LogP contribution in [0.15, 0.2) is 91.0 Å². The van der Waals surface area contributed by atoms with Crippen molar-refractivity contribution in [3.63, 3.8) is 0 Å². The summed E-state index contributed by atoms with van der Waals surface area (Å²) in [6, 6.07) is 30.5. The van der Waals surface area contributed by atoms with Crippen LogP contribution >= 0.6 is 0 Å². The van der Waals surface area contributed by atoms with Crippen LogP contribution in [0.1, 0.15) is 79.4 Å². The van der Waals surface area contributed by atoms with E-state index in [1.54, 1.807) is 11.9 Å². The summed E-state index contributed by atoms with van der Waals surface area (Å²) >= 11 is 0. The van der Waals surface area contributed by atoms with Gasteiger partial charge in [0.25, 0.3) is 8.32 Å². The molecule has 3 aromatic carbocycles. The van der Waals surface area contributed by atoms with Gasteiger partial charge in [0, 0.05) is 19.4 Å². The number of hydrogen-bond acceptors (Lipinski definition) is 5. The first-order valence-electron chi connectivity index (χ1n) is 16.4. The van der Waals surface area contributed by atoms with E-state index in [4.69, 9.17) is 13.9 Å². The number of hydrogen-bond donors (Lipinski definition) is 1. The van der Waals surface area contributed by atoms with E-state index >= 15 is 0 Å². The molecule has 1 aliphatic rings. The van der Waals surface area contributed by atoms with Gasteiger partial charge in [-0.05, 0) is 54.6 Å². The molecular formula is C38H53NO5Si. The predicted molar refractivity (Wildman–Crippen MR) is 184 cm³/mol. The van der Waals surface area contributed by atoms with Crippen molar-refractivity contribution in [2.45, 2.75) is 103 Å². The highest BCUT2D eigenvalue weighted by molar-refractivity contribution is 6.99. The smallest absolute Gasteiger partial charge is 0.261 e. The first kappa shape index (κ1) is 35.0. The highest BCUT2D eigenvalue weighted by Crippen LogP contribution is 2.38. The first-order chi connectivity index (χ1) is 21.2. The fourth-order valence-electron chi connectivity index (χ4n) is 6.73. The lowest BCUT2D eigenvalue weighted by Gasteiger charge is -2.46. The van der Waals surface area contributed by atoms with Crippen LogP contribution in [0, 0.1) is 5.92 Å². The Morgan fingerprint density at radius 1 is 0.911 bits per heavy atom. The van der Waals surface area contributed by atoms with E-state index in [1.807, 2.05) is 58.0 Å². The van der Waals surface area contributed by atoms with Gasteiger partial charge in [-0.1, -0.05) is 119 Å². The molecule has 7 heteroatoms. The van der Waals surface area contributed by atoms with Gasteiger partial charge in [0.1, 0.15) is 0 Å². The van der Waals surface area contributed by atoms with Crippen LogP contribution in [0.2, 0.25) is 5.04 Å². The van der Waals surface area contributed by atoms with Crippen molar-refractivity contribution in [3.05, 3.63) is 96.6 Å². The number of nitrogens with zero attached hydrogens (tertiary/aromatic N) is 1. The van der Waals surface area contributed by atoms with Crippen LogP contribution in [0.5, 0.6) is 0 Å². The fourth-order valence-corrected chi connectivity index (χ4v) is 11.3. The summed E-state index contributed by atoms with van der Waals surface area (Å²) in [6.45, 7) is 15.1. The molecule has 1 heterocycles. The van der Waals surface area contributed by atoms with Gasteiger partial charge in [0.15, 0.2) is 5.79 Å². The minimum atomic E-state index is -2.70. The van der Waals surface area contributed by atoms with Crippen LogP contribution < -0.4 is 10.4 Å². The lowest BCUT2D eigenvalue weighted by molar-refractivity contribution is -0.304. The van der Waals surface area contributed by atoms with Crippen LogP contribution in [0.4, 0.5) is 0 Å². The van der Waals surface area contributed by atoms with E-state index in [0.29, 0.717) is 19.4 Å². The largest absolute Gasteiger partial charge is 0.405 e. The van der Waals surface area contributed by atoms with Gasteiger partial charge in [-0.15, -0.1) is 0 Å². The quantitative estimate of drug-likeness (QED) is 0.232. The lowest BCUT2D eigenvalue weighted by Crippen LogP contribution is -2.67. The third-order valence-corrected chi connectivity index (χ3v) is 14.2. The van der Waals surface area contributed by atoms with Crippen LogP contribution in [0.25, 0.3) is 0 Å². The van der Waals surface area contributed by atoms with E-state index in [-0.39, 0.29) is 35.1 Å². The van der Waals surface area contributed by atoms with E-state index in [2.05, 4.69) is 81.4 Å². The van der Waals surface area contributed by atoms with E-state index in [0.717, 1.165) is 12.0 Å². The molecule has 3 aromatic rings. The third-order valence-electron chi connectivity index (χ3n) is 9.23. The molecule has 0 spiro atoms. The van der Waals surface area contributed by atoms with Crippen molar-refractivity contribution in [1.82, 2.24) is 4.90 Å². The zero-order chi connectivity index (χ0) is 32.8. The SMILES string of the molecule is C[C@H](CC[C@@H]1C[C@@H](CO[Si](c2ccccc2)(c2ccccc2)C(C)(C)C)OC(C)(C)O1)C(=O)N(C)[C@@H](C)[C@@H](O)c1ccccc1. The molecule has 0 aliphatic carbocycles. The molecule has 1 amide bonds. The van der Waals surface area contributed by atoms with Crippen molar-refractivity contribution >= 4 is 24.6 Å². The van der Waals surface area contributed by atoms with Crippen LogP contribution in [0.3, 0.4) is 0 Å². The summed E-state index contributed by atoms with van der Waals surface area (Å²) in [5.41, 5.74) is 0.807. The van der Waals surface area contributed by atoms with Crippen molar-refractivity contribution in [1.29, 1.82) is 0 Å². The highest BCUT2D eigenvalue weighted by Gasteiger charge is 2.51. The topological polar surface area (TPSA) is 68.2 Å². The maximum atomic E-state index is 13.4. The van der Waals surface area contributed by atoms with Crippen molar-refractivity contribution < 1.29 is 23.8 Å². The third kappa shape index (κ3) is 8.32. The number of carbonyl (C=O) groups excluding carboxylic acids is 1. The lowest BCUT2D eigenvalue weighted by atomic mass is 9.96. The minimum absolute atomic E-state index is 0.0235. The van der Waals surface area contributed by atoms with Crippen molar-refractivity contribution in [2.75, 3.05) is 13.7 Å². The molecule has 4 rings (SSSR count). The molecule has 5 atom stereocenters. The summed E-state index contributed by atoms with van der Waals surface area (Å²) in [4.78, 5) is 15.1. The molecule has 1 fully saturated rings. The van der Waals surface area contributed by atoms with Crippen molar-refractivity contribution in [2.24, 2.45) is 5.92 Å². The molecule has 1 N–H and O–H groups in total. The van der Waals surface area contributed by atoms with Gasteiger partial charge in [-0.3, -0.25) is 4.79 Å². The van der Waals surface area contributed by atoms with Gasteiger partial charge in [0.05, 0.1) is 31.0 Å². The van der Waals surface area contributed by atoms with Crippen molar-refractivity contribution in [3.8, 4) is 0 Å². The Morgan fingerprint density at radius 2 is 1.40 bits per heavy atom. The summed E-state index contributed by atoms with van der Waals surface area (Å²) in [5.74, 6) is -0.946. The molecular weight excluding hydrogens is 579 g/mol. The van der Waals surface area contributed by atoms with E-state index < -0.39 is 20.2 Å².